The third-order valence-electron chi connectivity index (χ3n) is 3.19. The van der Waals surface area contributed by atoms with E-state index in [0.717, 1.165) is 5.56 Å². The first kappa shape index (κ1) is 11.9. The van der Waals surface area contributed by atoms with E-state index in [4.69, 9.17) is 4.74 Å². The van der Waals surface area contributed by atoms with Gasteiger partial charge in [0, 0.05) is 6.42 Å². The molecule has 4 nitrogen and oxygen atoms in total. The molecule has 1 aliphatic rings. The molecule has 0 spiro atoms. The van der Waals surface area contributed by atoms with E-state index in [1.807, 2.05) is 37.3 Å². The van der Waals surface area contributed by atoms with E-state index in [1.165, 1.54) is 0 Å². The number of rotatable bonds is 3. The molecule has 1 amide bonds. The molecule has 0 aromatic heterocycles. The predicted molar refractivity (Wildman–Crippen MR) is 63.5 cm³/mol. The van der Waals surface area contributed by atoms with E-state index < -0.39 is 0 Å². The van der Waals surface area contributed by atoms with Crippen molar-refractivity contribution in [2.75, 3.05) is 13.2 Å². The molecule has 0 bridgehead atoms. The van der Waals surface area contributed by atoms with Gasteiger partial charge in [-0.25, -0.2) is 4.79 Å². The zero-order valence-electron chi connectivity index (χ0n) is 9.87. The van der Waals surface area contributed by atoms with Crippen molar-refractivity contribution >= 4 is 6.09 Å². The summed E-state index contributed by atoms with van der Waals surface area (Å²) >= 11 is 0. The van der Waals surface area contributed by atoms with Crippen LogP contribution in [-0.4, -0.2) is 35.4 Å². The number of hydrogen-bond acceptors (Lipinski definition) is 3. The molecule has 92 valence electrons. The highest BCUT2D eigenvalue weighted by atomic mass is 16.6. The minimum atomic E-state index is -0.341. The molecule has 2 atom stereocenters. The van der Waals surface area contributed by atoms with Gasteiger partial charge in [-0.15, -0.1) is 0 Å². The normalized spacial score (nSPS) is 22.1. The van der Waals surface area contributed by atoms with Gasteiger partial charge in [-0.2, -0.15) is 0 Å². The zero-order valence-corrected chi connectivity index (χ0v) is 9.87. The van der Waals surface area contributed by atoms with Gasteiger partial charge < -0.3 is 9.84 Å². The van der Waals surface area contributed by atoms with E-state index in [2.05, 4.69) is 0 Å². The average molecular weight is 235 g/mol. The van der Waals surface area contributed by atoms with Crippen LogP contribution in [0.3, 0.4) is 0 Å². The lowest BCUT2D eigenvalue weighted by molar-refractivity contribution is 0.00829. The van der Waals surface area contributed by atoms with E-state index in [-0.39, 0.29) is 24.8 Å². The lowest BCUT2D eigenvalue weighted by Crippen LogP contribution is -2.48. The van der Waals surface area contributed by atoms with Gasteiger partial charge in [0.15, 0.2) is 0 Å². The van der Waals surface area contributed by atoms with Crippen molar-refractivity contribution in [1.29, 1.82) is 0 Å². The van der Waals surface area contributed by atoms with Gasteiger partial charge in [-0.05, 0) is 12.5 Å². The Morgan fingerprint density at radius 2 is 2.18 bits per heavy atom. The first-order valence-corrected chi connectivity index (χ1v) is 5.85. The van der Waals surface area contributed by atoms with Crippen molar-refractivity contribution in [3.63, 3.8) is 0 Å². The number of amides is 1. The number of cyclic esters (lactones) is 1. The molecule has 2 rings (SSSR count). The fourth-order valence-electron chi connectivity index (χ4n) is 2.19. The summed E-state index contributed by atoms with van der Waals surface area (Å²) < 4.78 is 5.04. The van der Waals surface area contributed by atoms with Crippen LogP contribution in [0.2, 0.25) is 0 Å². The minimum Gasteiger partial charge on any atom is -0.449 e. The third-order valence-corrected chi connectivity index (χ3v) is 3.19. The molecule has 1 aliphatic heterocycles. The summed E-state index contributed by atoms with van der Waals surface area (Å²) in [5.41, 5.74) is 1.05. The molecule has 4 heteroatoms. The maximum Gasteiger partial charge on any atom is 0.410 e. The van der Waals surface area contributed by atoms with Crippen LogP contribution in [0.5, 0.6) is 0 Å². The summed E-state index contributed by atoms with van der Waals surface area (Å²) in [7, 11) is 0. The SMILES string of the molecule is CC(c1ccccc1)N1C(=O)OCCC1CO. The standard InChI is InChI=1S/C13H17NO3/c1-10(11-5-3-2-4-6-11)14-12(9-15)7-8-17-13(14)16/h2-6,10,12,15H,7-9H2,1H3. The Hall–Kier alpha value is -1.55. The molecule has 0 radical (unpaired) electrons. The quantitative estimate of drug-likeness (QED) is 0.871. The maximum absolute atomic E-state index is 11.8. The van der Waals surface area contributed by atoms with Gasteiger partial charge in [0.2, 0.25) is 0 Å². The Bertz CT molecular complexity index is 380. The Kier molecular flexibility index (Phi) is 3.64. The van der Waals surface area contributed by atoms with E-state index in [9.17, 15) is 9.90 Å². The number of hydrogen-bond donors (Lipinski definition) is 1. The Balaban J connectivity index is 2.21. The molecule has 0 saturated carbocycles. The number of aliphatic hydroxyl groups excluding tert-OH is 1. The number of carbonyl (C=O) groups is 1. The van der Waals surface area contributed by atoms with E-state index in [1.54, 1.807) is 4.90 Å². The number of ether oxygens (including phenoxy) is 1. The van der Waals surface area contributed by atoms with Gasteiger partial charge in [0.25, 0.3) is 0 Å². The highest BCUT2D eigenvalue weighted by molar-refractivity contribution is 5.69. The Morgan fingerprint density at radius 3 is 2.82 bits per heavy atom. The molecular weight excluding hydrogens is 218 g/mol. The van der Waals surface area contributed by atoms with E-state index >= 15 is 0 Å². The second kappa shape index (κ2) is 5.19. The van der Waals surface area contributed by atoms with Crippen molar-refractivity contribution in [3.8, 4) is 0 Å². The van der Waals surface area contributed by atoms with Crippen molar-refractivity contribution in [1.82, 2.24) is 4.90 Å². The summed E-state index contributed by atoms with van der Waals surface area (Å²) in [5.74, 6) is 0. The van der Waals surface area contributed by atoms with Gasteiger partial charge in [-0.1, -0.05) is 30.3 Å². The molecule has 1 fully saturated rings. The molecular formula is C13H17NO3. The second-order valence-electron chi connectivity index (χ2n) is 4.23. The topological polar surface area (TPSA) is 49.8 Å². The van der Waals surface area contributed by atoms with E-state index in [0.29, 0.717) is 13.0 Å². The number of aliphatic hydroxyl groups is 1. The second-order valence-corrected chi connectivity index (χ2v) is 4.23. The lowest BCUT2D eigenvalue weighted by Gasteiger charge is -2.38. The zero-order chi connectivity index (χ0) is 12.3. The molecule has 2 unspecified atom stereocenters. The minimum absolute atomic E-state index is 0.0216. The van der Waals surface area contributed by atoms with Crippen LogP contribution in [0.15, 0.2) is 30.3 Å². The van der Waals surface area contributed by atoms with Crippen LogP contribution >= 0.6 is 0 Å². The van der Waals surface area contributed by atoms with Crippen LogP contribution in [0.4, 0.5) is 4.79 Å². The monoisotopic (exact) mass is 235 g/mol. The third kappa shape index (κ3) is 2.42. The van der Waals surface area contributed by atoms with Crippen LogP contribution in [0.1, 0.15) is 24.9 Å². The molecule has 1 N–H and O–H groups in total. The van der Waals surface area contributed by atoms with Crippen LogP contribution in [0.25, 0.3) is 0 Å². The Labute approximate surface area is 101 Å². The smallest absolute Gasteiger partial charge is 0.410 e. The molecule has 1 aromatic carbocycles. The van der Waals surface area contributed by atoms with Crippen LogP contribution in [0, 0.1) is 0 Å². The fraction of sp³-hybridized carbons (Fsp3) is 0.462. The molecule has 1 aromatic rings. The average Bonchev–Trinajstić information content (AvgIpc) is 2.38. The fourth-order valence-corrected chi connectivity index (χ4v) is 2.19. The van der Waals surface area contributed by atoms with Crippen LogP contribution < -0.4 is 0 Å². The summed E-state index contributed by atoms with van der Waals surface area (Å²) in [6.45, 7) is 2.32. The highest BCUT2D eigenvalue weighted by Gasteiger charge is 2.33. The van der Waals surface area contributed by atoms with Crippen molar-refractivity contribution in [2.24, 2.45) is 0 Å². The largest absolute Gasteiger partial charge is 0.449 e. The number of carbonyl (C=O) groups excluding carboxylic acids is 1. The first-order chi connectivity index (χ1) is 8.24. The van der Waals surface area contributed by atoms with Gasteiger partial charge in [0.1, 0.15) is 0 Å². The van der Waals surface area contributed by atoms with Crippen molar-refractivity contribution < 1.29 is 14.6 Å². The molecule has 17 heavy (non-hydrogen) atoms. The maximum atomic E-state index is 11.8. The summed E-state index contributed by atoms with van der Waals surface area (Å²) in [5, 5.41) is 9.33. The lowest BCUT2D eigenvalue weighted by atomic mass is 10.0. The predicted octanol–water partition coefficient (Wildman–Crippen LogP) is 1.95. The summed E-state index contributed by atoms with van der Waals surface area (Å²) in [4.78, 5) is 13.4. The van der Waals surface area contributed by atoms with Crippen molar-refractivity contribution in [2.45, 2.75) is 25.4 Å². The number of benzene rings is 1. The van der Waals surface area contributed by atoms with Gasteiger partial charge >= 0.3 is 6.09 Å². The molecule has 1 heterocycles. The van der Waals surface area contributed by atoms with Crippen LogP contribution in [-0.2, 0) is 4.74 Å². The van der Waals surface area contributed by atoms with Gasteiger partial charge in [0.05, 0.1) is 25.3 Å². The summed E-state index contributed by atoms with van der Waals surface area (Å²) in [6.07, 6.45) is 0.339. The highest BCUT2D eigenvalue weighted by Crippen LogP contribution is 2.26. The molecule has 1 saturated heterocycles. The molecule has 0 aliphatic carbocycles. The van der Waals surface area contributed by atoms with Gasteiger partial charge in [-0.3, -0.25) is 4.90 Å². The first-order valence-electron chi connectivity index (χ1n) is 5.85. The Morgan fingerprint density at radius 1 is 1.47 bits per heavy atom. The van der Waals surface area contributed by atoms with Crippen molar-refractivity contribution in [3.05, 3.63) is 35.9 Å². The number of nitrogens with zero attached hydrogens (tertiary/aromatic N) is 1. The summed E-state index contributed by atoms with van der Waals surface area (Å²) in [6, 6.07) is 9.54.